The number of benzene rings is 2. The highest BCUT2D eigenvalue weighted by atomic mass is 16.2. The van der Waals surface area contributed by atoms with E-state index in [1.807, 2.05) is 68.4 Å². The maximum atomic E-state index is 13.6. The van der Waals surface area contributed by atoms with Crippen LogP contribution in [0.25, 0.3) is 0 Å². The third kappa shape index (κ3) is 2.72. The standard InChI is InChI=1S/C25H29N3O2/c1-5-17-11-13-18(14-12-17)26-22(30)25-16-15-24(4,23(25,2)3)20(21(25)29)28-27-19-9-7-6-8-10-19/h6-14,27H,5,15-16H2,1-4H3,(H,26,30). The summed E-state index contributed by atoms with van der Waals surface area (Å²) in [4.78, 5) is 27.2. The molecule has 0 aliphatic heterocycles. The second-order valence-corrected chi connectivity index (χ2v) is 9.13. The molecule has 5 nitrogen and oxygen atoms in total. The van der Waals surface area contributed by atoms with Crippen LogP contribution in [0.3, 0.4) is 0 Å². The molecule has 2 atom stereocenters. The summed E-state index contributed by atoms with van der Waals surface area (Å²) in [6, 6.07) is 17.4. The first-order valence-electron chi connectivity index (χ1n) is 10.6. The maximum absolute atomic E-state index is 13.6. The average molecular weight is 404 g/mol. The number of hydrogen-bond acceptors (Lipinski definition) is 4. The summed E-state index contributed by atoms with van der Waals surface area (Å²) in [5.74, 6) is -0.386. The first kappa shape index (κ1) is 20.3. The van der Waals surface area contributed by atoms with Crippen molar-refractivity contribution in [3.8, 4) is 0 Å². The second kappa shape index (κ2) is 7.08. The smallest absolute Gasteiger partial charge is 0.239 e. The normalized spacial score (nSPS) is 28.0. The zero-order valence-electron chi connectivity index (χ0n) is 18.1. The van der Waals surface area contributed by atoms with Gasteiger partial charge in [-0.05, 0) is 54.5 Å². The highest BCUT2D eigenvalue weighted by Crippen LogP contribution is 2.69. The molecule has 2 N–H and O–H groups in total. The van der Waals surface area contributed by atoms with E-state index in [1.165, 1.54) is 5.56 Å². The van der Waals surface area contributed by atoms with E-state index in [4.69, 9.17) is 0 Å². The molecule has 1 amide bonds. The first-order chi connectivity index (χ1) is 14.3. The number of rotatable bonds is 5. The third-order valence-electron chi connectivity index (χ3n) is 7.65. The minimum absolute atomic E-state index is 0.160. The summed E-state index contributed by atoms with van der Waals surface area (Å²) < 4.78 is 0. The number of carbonyl (C=O) groups is 2. The fourth-order valence-corrected chi connectivity index (χ4v) is 5.17. The molecule has 0 aromatic heterocycles. The van der Waals surface area contributed by atoms with E-state index in [2.05, 4.69) is 29.7 Å². The van der Waals surface area contributed by atoms with Gasteiger partial charge < -0.3 is 5.32 Å². The summed E-state index contributed by atoms with van der Waals surface area (Å²) in [5.41, 5.74) is 4.12. The number of anilines is 2. The van der Waals surface area contributed by atoms with Crippen LogP contribution in [0.5, 0.6) is 0 Å². The van der Waals surface area contributed by atoms with E-state index in [1.54, 1.807) is 0 Å². The predicted octanol–water partition coefficient (Wildman–Crippen LogP) is 5.05. The van der Waals surface area contributed by atoms with Gasteiger partial charge in [0.25, 0.3) is 0 Å². The van der Waals surface area contributed by atoms with E-state index >= 15 is 0 Å². The average Bonchev–Trinajstić information content (AvgIpc) is 3.03. The number of carbonyl (C=O) groups excluding carboxylic acids is 2. The van der Waals surface area contributed by atoms with Gasteiger partial charge in [-0.15, -0.1) is 0 Å². The SMILES string of the molecule is CCc1ccc(NC(=O)C23CCC(C)(C(=NNc4ccccc4)C2=O)C3(C)C)cc1. The molecule has 0 spiro atoms. The van der Waals surface area contributed by atoms with E-state index in [-0.39, 0.29) is 11.7 Å². The molecular weight excluding hydrogens is 374 g/mol. The Balaban J connectivity index is 1.66. The summed E-state index contributed by atoms with van der Waals surface area (Å²) in [5, 5.41) is 7.53. The van der Waals surface area contributed by atoms with Crippen molar-refractivity contribution in [2.45, 2.75) is 47.0 Å². The van der Waals surface area contributed by atoms with Crippen LogP contribution < -0.4 is 10.7 Å². The van der Waals surface area contributed by atoms with Crippen molar-refractivity contribution < 1.29 is 9.59 Å². The molecule has 2 aromatic rings. The number of nitrogens with zero attached hydrogens (tertiary/aromatic N) is 1. The Kier molecular flexibility index (Phi) is 4.80. The highest BCUT2D eigenvalue weighted by molar-refractivity contribution is 6.51. The second-order valence-electron chi connectivity index (χ2n) is 9.13. The van der Waals surface area contributed by atoms with Gasteiger partial charge in [0.15, 0.2) is 5.78 Å². The molecule has 30 heavy (non-hydrogen) atoms. The fraction of sp³-hybridized carbons (Fsp3) is 0.400. The van der Waals surface area contributed by atoms with Crippen molar-refractivity contribution in [3.05, 3.63) is 60.2 Å². The predicted molar refractivity (Wildman–Crippen MR) is 121 cm³/mol. The van der Waals surface area contributed by atoms with E-state index < -0.39 is 16.2 Å². The van der Waals surface area contributed by atoms with Gasteiger partial charge in [-0.2, -0.15) is 5.10 Å². The molecule has 2 saturated carbocycles. The number of amides is 1. The van der Waals surface area contributed by atoms with Crippen LogP contribution in [0.2, 0.25) is 0 Å². The molecule has 4 rings (SSSR count). The molecule has 0 saturated heterocycles. The van der Waals surface area contributed by atoms with Crippen LogP contribution in [-0.4, -0.2) is 17.4 Å². The van der Waals surface area contributed by atoms with Gasteiger partial charge in [0.2, 0.25) is 5.91 Å². The molecule has 2 fully saturated rings. The molecule has 2 unspecified atom stereocenters. The Bertz CT molecular complexity index is 1010. The molecule has 5 heteroatoms. The first-order valence-corrected chi connectivity index (χ1v) is 10.6. The molecule has 2 aliphatic carbocycles. The zero-order valence-corrected chi connectivity index (χ0v) is 18.1. The van der Waals surface area contributed by atoms with Crippen molar-refractivity contribution >= 4 is 28.8 Å². The minimum Gasteiger partial charge on any atom is -0.325 e. The van der Waals surface area contributed by atoms with Crippen molar-refractivity contribution in [2.24, 2.45) is 21.3 Å². The zero-order chi connectivity index (χ0) is 21.6. The Morgan fingerprint density at radius 1 is 0.967 bits per heavy atom. The lowest BCUT2D eigenvalue weighted by Crippen LogP contribution is -2.47. The molecule has 2 aromatic carbocycles. The van der Waals surface area contributed by atoms with Gasteiger partial charge in [-0.3, -0.25) is 15.0 Å². The van der Waals surface area contributed by atoms with Gasteiger partial charge in [-0.1, -0.05) is 58.0 Å². The number of aryl methyl sites for hydroxylation is 1. The fourth-order valence-electron chi connectivity index (χ4n) is 5.17. The molecule has 2 bridgehead atoms. The maximum Gasteiger partial charge on any atom is 0.239 e. The lowest BCUT2D eigenvalue weighted by molar-refractivity contribution is -0.139. The van der Waals surface area contributed by atoms with Gasteiger partial charge >= 0.3 is 0 Å². The monoisotopic (exact) mass is 403 g/mol. The van der Waals surface area contributed by atoms with Crippen LogP contribution in [0.4, 0.5) is 11.4 Å². The van der Waals surface area contributed by atoms with Crippen molar-refractivity contribution in [1.82, 2.24) is 0 Å². The molecule has 0 radical (unpaired) electrons. The van der Waals surface area contributed by atoms with Crippen LogP contribution in [0.15, 0.2) is 59.7 Å². The molecule has 156 valence electrons. The van der Waals surface area contributed by atoms with Crippen LogP contribution in [0, 0.1) is 16.2 Å². The molecular formula is C25H29N3O2. The lowest BCUT2D eigenvalue weighted by atomic mass is 9.64. The van der Waals surface area contributed by atoms with E-state index in [9.17, 15) is 9.59 Å². The minimum atomic E-state index is -1.11. The van der Waals surface area contributed by atoms with Crippen molar-refractivity contribution in [2.75, 3.05) is 10.7 Å². The summed E-state index contributed by atoms with van der Waals surface area (Å²) in [6.45, 7) is 8.22. The molecule has 2 aliphatic rings. The number of nitrogens with one attached hydrogen (secondary N) is 2. The van der Waals surface area contributed by atoms with Gasteiger partial charge in [0.1, 0.15) is 11.1 Å². The Hall–Kier alpha value is -2.95. The van der Waals surface area contributed by atoms with Crippen LogP contribution >= 0.6 is 0 Å². The summed E-state index contributed by atoms with van der Waals surface area (Å²) in [6.07, 6.45) is 2.23. The van der Waals surface area contributed by atoms with E-state index in [0.29, 0.717) is 12.1 Å². The number of para-hydroxylation sites is 1. The Labute approximate surface area is 178 Å². The Morgan fingerprint density at radius 2 is 1.63 bits per heavy atom. The van der Waals surface area contributed by atoms with Crippen molar-refractivity contribution in [1.29, 1.82) is 0 Å². The Morgan fingerprint density at radius 3 is 2.27 bits per heavy atom. The number of fused-ring (bicyclic) bond motifs is 2. The number of hydrogen-bond donors (Lipinski definition) is 2. The quantitative estimate of drug-likeness (QED) is 0.542. The largest absolute Gasteiger partial charge is 0.325 e. The summed E-state index contributed by atoms with van der Waals surface area (Å²) in [7, 11) is 0. The lowest BCUT2D eigenvalue weighted by Gasteiger charge is -2.37. The highest BCUT2D eigenvalue weighted by Gasteiger charge is 2.76. The van der Waals surface area contributed by atoms with Crippen molar-refractivity contribution in [3.63, 3.8) is 0 Å². The topological polar surface area (TPSA) is 70.6 Å². The molecule has 0 heterocycles. The van der Waals surface area contributed by atoms with Crippen LogP contribution in [0.1, 0.15) is 46.1 Å². The third-order valence-corrected chi connectivity index (χ3v) is 7.65. The van der Waals surface area contributed by atoms with Gasteiger partial charge in [0.05, 0.1) is 5.69 Å². The number of Topliss-reactive ketones (excluding diaryl/α,β-unsaturated/α-hetero) is 1. The summed E-state index contributed by atoms with van der Waals surface area (Å²) >= 11 is 0. The van der Waals surface area contributed by atoms with E-state index in [0.717, 1.165) is 24.2 Å². The van der Waals surface area contributed by atoms with Gasteiger partial charge in [-0.25, -0.2) is 0 Å². The number of hydrazone groups is 1. The van der Waals surface area contributed by atoms with Gasteiger partial charge in [0, 0.05) is 11.1 Å². The number of ketones is 1. The van der Waals surface area contributed by atoms with Crippen LogP contribution in [-0.2, 0) is 16.0 Å².